The summed E-state index contributed by atoms with van der Waals surface area (Å²) in [4.78, 5) is 9.12. The number of hydrogen-bond donors (Lipinski definition) is 0. The highest BCUT2D eigenvalue weighted by Gasteiger charge is 2.21. The van der Waals surface area contributed by atoms with Gasteiger partial charge in [-0.25, -0.2) is 0 Å². The molecule has 1 saturated heterocycles. The number of aromatic nitrogens is 3. The van der Waals surface area contributed by atoms with E-state index in [4.69, 9.17) is 9.72 Å². The highest BCUT2D eigenvalue weighted by Crippen LogP contribution is 2.32. The first kappa shape index (κ1) is 13.5. The van der Waals surface area contributed by atoms with Crippen LogP contribution in [-0.2, 0) is 11.2 Å². The summed E-state index contributed by atoms with van der Waals surface area (Å²) in [6.45, 7) is 4.06. The monoisotopic (exact) mass is 297 g/mol. The molecule has 6 heteroatoms. The lowest BCUT2D eigenvalue weighted by Crippen LogP contribution is -2.38. The number of hydrogen-bond acceptors (Lipinski definition) is 6. The minimum Gasteiger partial charge on any atom is -0.378 e. The largest absolute Gasteiger partial charge is 0.378 e. The van der Waals surface area contributed by atoms with Crippen molar-refractivity contribution in [2.45, 2.75) is 12.8 Å². The van der Waals surface area contributed by atoms with E-state index >= 15 is 0 Å². The smallest absolute Gasteiger partial charge is 0.247 e. The van der Waals surface area contributed by atoms with Crippen LogP contribution in [0.3, 0.4) is 0 Å². The van der Waals surface area contributed by atoms with Crippen molar-refractivity contribution in [1.82, 2.24) is 15.2 Å². The maximum atomic E-state index is 5.39. The fourth-order valence-electron chi connectivity index (χ4n) is 3.08. The Morgan fingerprint density at radius 3 is 2.82 bits per heavy atom. The number of anilines is 3. The summed E-state index contributed by atoms with van der Waals surface area (Å²) in [6.07, 6.45) is 4.02. The van der Waals surface area contributed by atoms with E-state index in [-0.39, 0.29) is 0 Å². The molecule has 0 unspecified atom stereocenters. The predicted octanol–water partition coefficient (Wildman–Crippen LogP) is 1.79. The third-order valence-corrected chi connectivity index (χ3v) is 4.22. The summed E-state index contributed by atoms with van der Waals surface area (Å²) in [7, 11) is 0. The quantitative estimate of drug-likeness (QED) is 0.842. The van der Waals surface area contributed by atoms with Gasteiger partial charge in [0, 0.05) is 25.3 Å². The molecule has 2 aliphatic rings. The molecule has 114 valence electrons. The van der Waals surface area contributed by atoms with Crippen molar-refractivity contribution in [3.8, 4) is 0 Å². The zero-order valence-electron chi connectivity index (χ0n) is 12.5. The summed E-state index contributed by atoms with van der Waals surface area (Å²) in [5.74, 6) is 1.58. The molecule has 22 heavy (non-hydrogen) atoms. The minimum absolute atomic E-state index is 0.698. The zero-order chi connectivity index (χ0) is 14.8. The molecule has 0 aliphatic carbocycles. The van der Waals surface area contributed by atoms with Crippen LogP contribution in [0, 0.1) is 0 Å². The second-order valence-electron chi connectivity index (χ2n) is 5.60. The van der Waals surface area contributed by atoms with Crippen LogP contribution >= 0.6 is 0 Å². The van der Waals surface area contributed by atoms with Crippen LogP contribution in [0.25, 0.3) is 0 Å². The third-order valence-electron chi connectivity index (χ3n) is 4.22. The Morgan fingerprint density at radius 1 is 1.05 bits per heavy atom. The van der Waals surface area contributed by atoms with E-state index in [1.807, 2.05) is 0 Å². The molecule has 3 heterocycles. The van der Waals surface area contributed by atoms with Gasteiger partial charge in [-0.1, -0.05) is 18.2 Å². The summed E-state index contributed by atoms with van der Waals surface area (Å²) < 4.78 is 5.39. The van der Waals surface area contributed by atoms with E-state index in [1.54, 1.807) is 6.20 Å². The molecule has 0 atom stereocenters. The number of benzene rings is 1. The third kappa shape index (κ3) is 2.50. The predicted molar refractivity (Wildman–Crippen MR) is 84.6 cm³/mol. The van der Waals surface area contributed by atoms with Gasteiger partial charge in [0.15, 0.2) is 5.82 Å². The van der Waals surface area contributed by atoms with Gasteiger partial charge in [0.1, 0.15) is 0 Å². The Bertz CT molecular complexity index is 656. The molecular weight excluding hydrogens is 278 g/mol. The number of aryl methyl sites for hydroxylation is 1. The molecule has 2 aromatic rings. The fourth-order valence-corrected chi connectivity index (χ4v) is 3.08. The van der Waals surface area contributed by atoms with Crippen LogP contribution in [-0.4, -0.2) is 48.0 Å². The Labute approximate surface area is 129 Å². The van der Waals surface area contributed by atoms with Gasteiger partial charge in [0.25, 0.3) is 0 Å². The maximum absolute atomic E-state index is 5.39. The first-order chi connectivity index (χ1) is 10.9. The molecule has 4 rings (SSSR count). The Kier molecular flexibility index (Phi) is 3.60. The van der Waals surface area contributed by atoms with Gasteiger partial charge < -0.3 is 14.5 Å². The van der Waals surface area contributed by atoms with E-state index < -0.39 is 0 Å². The van der Waals surface area contributed by atoms with Gasteiger partial charge in [-0.2, -0.15) is 10.1 Å². The topological polar surface area (TPSA) is 54.4 Å². The highest BCUT2D eigenvalue weighted by molar-refractivity contribution is 5.65. The molecule has 0 amide bonds. The molecule has 2 aliphatic heterocycles. The van der Waals surface area contributed by atoms with Gasteiger partial charge in [0.2, 0.25) is 5.95 Å². The van der Waals surface area contributed by atoms with Crippen molar-refractivity contribution in [1.29, 1.82) is 0 Å². The molecule has 0 N–H and O–H groups in total. The average molecular weight is 297 g/mol. The molecule has 0 saturated carbocycles. The summed E-state index contributed by atoms with van der Waals surface area (Å²) in [5, 5.41) is 8.37. The van der Waals surface area contributed by atoms with E-state index in [0.717, 1.165) is 51.5 Å². The van der Waals surface area contributed by atoms with Crippen molar-refractivity contribution in [2.75, 3.05) is 42.6 Å². The first-order valence-electron chi connectivity index (χ1n) is 7.80. The minimum atomic E-state index is 0.698. The lowest BCUT2D eigenvalue weighted by atomic mass is 10.0. The zero-order valence-corrected chi connectivity index (χ0v) is 12.5. The van der Waals surface area contributed by atoms with Crippen molar-refractivity contribution >= 4 is 17.5 Å². The molecule has 6 nitrogen and oxygen atoms in total. The second-order valence-corrected chi connectivity index (χ2v) is 5.60. The van der Waals surface area contributed by atoms with Gasteiger partial charge in [-0.3, -0.25) is 0 Å². The fraction of sp³-hybridized carbons (Fsp3) is 0.438. The van der Waals surface area contributed by atoms with Gasteiger partial charge >= 0.3 is 0 Å². The number of rotatable bonds is 2. The lowest BCUT2D eigenvalue weighted by molar-refractivity contribution is 0.122. The SMILES string of the molecule is c1ccc2c(c1)CCCN2c1cnnc(N2CCOCC2)n1. The number of morpholine rings is 1. The van der Waals surface area contributed by atoms with E-state index in [9.17, 15) is 0 Å². The lowest BCUT2D eigenvalue weighted by Gasteiger charge is -2.31. The first-order valence-corrected chi connectivity index (χ1v) is 7.80. The Hall–Kier alpha value is -2.21. The molecular formula is C16H19N5O. The van der Waals surface area contributed by atoms with Crippen LogP contribution in [0.5, 0.6) is 0 Å². The van der Waals surface area contributed by atoms with Crippen LogP contribution in [0.2, 0.25) is 0 Å². The summed E-state index contributed by atoms with van der Waals surface area (Å²) >= 11 is 0. The molecule has 0 radical (unpaired) electrons. The van der Waals surface area contributed by atoms with E-state index in [2.05, 4.69) is 44.3 Å². The van der Waals surface area contributed by atoms with Crippen molar-refractivity contribution < 1.29 is 4.74 Å². The van der Waals surface area contributed by atoms with E-state index in [1.165, 1.54) is 11.3 Å². The molecule has 1 aromatic carbocycles. The maximum Gasteiger partial charge on any atom is 0.247 e. The molecule has 0 bridgehead atoms. The summed E-state index contributed by atoms with van der Waals surface area (Å²) in [6, 6.07) is 8.53. The number of para-hydroxylation sites is 1. The van der Waals surface area contributed by atoms with Crippen molar-refractivity contribution in [2.24, 2.45) is 0 Å². The van der Waals surface area contributed by atoms with E-state index in [0.29, 0.717) is 5.95 Å². The van der Waals surface area contributed by atoms with Crippen molar-refractivity contribution in [3.05, 3.63) is 36.0 Å². The number of nitrogens with zero attached hydrogens (tertiary/aromatic N) is 5. The van der Waals surface area contributed by atoms with Crippen LogP contribution < -0.4 is 9.80 Å². The van der Waals surface area contributed by atoms with Crippen LogP contribution in [0.1, 0.15) is 12.0 Å². The molecule has 1 fully saturated rings. The molecule has 0 spiro atoms. The second kappa shape index (κ2) is 5.88. The summed E-state index contributed by atoms with van der Waals surface area (Å²) in [5.41, 5.74) is 2.61. The van der Waals surface area contributed by atoms with Crippen molar-refractivity contribution in [3.63, 3.8) is 0 Å². The van der Waals surface area contributed by atoms with Gasteiger partial charge in [-0.05, 0) is 24.5 Å². The highest BCUT2D eigenvalue weighted by atomic mass is 16.5. The average Bonchev–Trinajstić information content (AvgIpc) is 2.62. The number of fused-ring (bicyclic) bond motifs is 1. The normalized spacial score (nSPS) is 18.2. The van der Waals surface area contributed by atoms with Crippen LogP contribution in [0.15, 0.2) is 30.5 Å². The van der Waals surface area contributed by atoms with Gasteiger partial charge in [0.05, 0.1) is 19.4 Å². The standard InChI is InChI=1S/C16H19N5O/c1-2-6-14-13(4-1)5-3-7-21(14)15-12-17-19-16(18-15)20-8-10-22-11-9-20/h1-2,4,6,12H,3,5,7-11H2. The molecule has 1 aromatic heterocycles. The van der Waals surface area contributed by atoms with Crippen LogP contribution in [0.4, 0.5) is 17.5 Å². The Balaban J connectivity index is 1.66. The number of ether oxygens (including phenoxy) is 1. The Morgan fingerprint density at radius 2 is 1.91 bits per heavy atom. The van der Waals surface area contributed by atoms with Gasteiger partial charge in [-0.15, -0.1) is 5.10 Å².